The first-order chi connectivity index (χ1) is 11.4. The van der Waals surface area contributed by atoms with Gasteiger partial charge < -0.3 is 10.6 Å². The fourth-order valence-electron chi connectivity index (χ4n) is 2.28. The molecule has 24 heavy (non-hydrogen) atoms. The van der Waals surface area contributed by atoms with Crippen LogP contribution in [0.2, 0.25) is 0 Å². The fraction of sp³-hybridized carbons (Fsp3) is 0.526. The molecule has 0 aliphatic heterocycles. The Bertz CT molecular complexity index is 582. The van der Waals surface area contributed by atoms with Crippen LogP contribution in [0.4, 0.5) is 11.4 Å². The zero-order valence-corrected chi connectivity index (χ0v) is 15.2. The summed E-state index contributed by atoms with van der Waals surface area (Å²) in [5.74, 6) is 0.135. The van der Waals surface area contributed by atoms with Gasteiger partial charge in [0.05, 0.1) is 23.3 Å². The molecule has 0 saturated heterocycles. The van der Waals surface area contributed by atoms with Crippen molar-refractivity contribution in [2.75, 3.05) is 10.6 Å². The third-order valence-corrected chi connectivity index (χ3v) is 3.98. The van der Waals surface area contributed by atoms with Crippen molar-refractivity contribution in [1.29, 1.82) is 0 Å². The van der Waals surface area contributed by atoms with Gasteiger partial charge in [-0.05, 0) is 31.7 Å². The molecule has 2 N–H and O–H groups in total. The molecule has 0 aliphatic rings. The van der Waals surface area contributed by atoms with Crippen molar-refractivity contribution < 1.29 is 9.59 Å². The number of nitrogens with one attached hydrogen (secondary N) is 2. The molecule has 1 aromatic rings. The molecule has 1 rings (SSSR count). The van der Waals surface area contributed by atoms with Crippen LogP contribution in [0, 0.1) is 18.8 Å². The number of nitrogens with zero attached hydrogens (tertiary/aromatic N) is 1. The van der Waals surface area contributed by atoms with E-state index in [0.29, 0.717) is 23.7 Å². The van der Waals surface area contributed by atoms with Crippen molar-refractivity contribution >= 4 is 23.2 Å². The monoisotopic (exact) mass is 331 g/mol. The van der Waals surface area contributed by atoms with Crippen molar-refractivity contribution in [3.63, 3.8) is 0 Å². The largest absolute Gasteiger partial charge is 0.325 e. The lowest BCUT2D eigenvalue weighted by Gasteiger charge is -2.15. The number of anilines is 2. The average Bonchev–Trinajstić information content (AvgIpc) is 2.54. The Hall–Kier alpha value is -2.17. The van der Waals surface area contributed by atoms with Crippen LogP contribution in [-0.2, 0) is 9.59 Å². The lowest BCUT2D eigenvalue weighted by atomic mass is 9.96. The number of carbonyl (C=O) groups is 2. The maximum atomic E-state index is 12.2. The van der Waals surface area contributed by atoms with Crippen LogP contribution < -0.4 is 10.6 Å². The van der Waals surface area contributed by atoms with E-state index in [4.69, 9.17) is 0 Å². The Morgan fingerprint density at radius 2 is 2.04 bits per heavy atom. The SMILES string of the molecule is C=CCCC(CC)CC(=O)Nc1cnc(C)c(NC(=O)C(C)C)c1. The number of hydrogen-bond acceptors (Lipinski definition) is 3. The Morgan fingerprint density at radius 1 is 1.33 bits per heavy atom. The van der Waals surface area contributed by atoms with Crippen LogP contribution in [0.5, 0.6) is 0 Å². The summed E-state index contributed by atoms with van der Waals surface area (Å²) in [5.41, 5.74) is 1.95. The highest BCUT2D eigenvalue weighted by Gasteiger charge is 2.14. The van der Waals surface area contributed by atoms with Crippen molar-refractivity contribution in [2.45, 2.75) is 53.4 Å². The number of rotatable bonds is 9. The molecule has 1 atom stereocenters. The molecule has 0 radical (unpaired) electrons. The number of amides is 2. The lowest BCUT2D eigenvalue weighted by Crippen LogP contribution is -2.20. The van der Waals surface area contributed by atoms with Crippen LogP contribution in [0.1, 0.15) is 52.1 Å². The first-order valence-corrected chi connectivity index (χ1v) is 8.55. The molecule has 1 unspecified atom stereocenters. The first-order valence-electron chi connectivity index (χ1n) is 8.55. The average molecular weight is 331 g/mol. The van der Waals surface area contributed by atoms with Crippen molar-refractivity contribution in [2.24, 2.45) is 11.8 Å². The molecule has 2 amide bonds. The minimum absolute atomic E-state index is 0.0299. The zero-order chi connectivity index (χ0) is 18.1. The van der Waals surface area contributed by atoms with Crippen molar-refractivity contribution in [3.8, 4) is 0 Å². The molecule has 5 nitrogen and oxygen atoms in total. The summed E-state index contributed by atoms with van der Waals surface area (Å²) in [4.78, 5) is 28.3. The Kier molecular flexibility index (Phi) is 8.16. The van der Waals surface area contributed by atoms with E-state index in [1.807, 2.05) is 26.8 Å². The third kappa shape index (κ3) is 6.52. The quantitative estimate of drug-likeness (QED) is 0.663. The highest BCUT2D eigenvalue weighted by Crippen LogP contribution is 2.20. The van der Waals surface area contributed by atoms with Gasteiger partial charge in [-0.3, -0.25) is 14.6 Å². The van der Waals surface area contributed by atoms with E-state index in [2.05, 4.69) is 29.1 Å². The van der Waals surface area contributed by atoms with Crippen LogP contribution in [0.3, 0.4) is 0 Å². The van der Waals surface area contributed by atoms with Gasteiger partial charge in [0.2, 0.25) is 11.8 Å². The van der Waals surface area contributed by atoms with Gasteiger partial charge >= 0.3 is 0 Å². The maximum absolute atomic E-state index is 12.2. The summed E-state index contributed by atoms with van der Waals surface area (Å²) >= 11 is 0. The number of aryl methyl sites for hydroxylation is 1. The molecule has 5 heteroatoms. The van der Waals surface area contributed by atoms with Gasteiger partial charge in [0.1, 0.15) is 0 Å². The molecule has 0 bridgehead atoms. The standard InChI is InChI=1S/C19H29N3O2/c1-6-8-9-15(7-2)10-18(23)21-16-11-17(14(5)20-12-16)22-19(24)13(3)4/h6,11-13,15H,1,7-10H2,2-5H3,(H,21,23)(H,22,24). The Balaban J connectivity index is 2.71. The lowest BCUT2D eigenvalue weighted by molar-refractivity contribution is -0.119. The minimum Gasteiger partial charge on any atom is -0.325 e. The summed E-state index contributed by atoms with van der Waals surface area (Å²) in [6.45, 7) is 11.3. The van der Waals surface area contributed by atoms with Gasteiger partial charge in [0.25, 0.3) is 0 Å². The van der Waals surface area contributed by atoms with E-state index in [9.17, 15) is 9.59 Å². The molecule has 1 aromatic heterocycles. The molecular formula is C19H29N3O2. The summed E-state index contributed by atoms with van der Waals surface area (Å²) < 4.78 is 0. The second-order valence-corrected chi connectivity index (χ2v) is 6.39. The predicted octanol–water partition coefficient (Wildman–Crippen LogP) is 4.31. The number of hydrogen-bond donors (Lipinski definition) is 2. The molecule has 0 aromatic carbocycles. The molecule has 132 valence electrons. The number of pyridine rings is 1. The van der Waals surface area contributed by atoms with Gasteiger partial charge in [0, 0.05) is 12.3 Å². The zero-order valence-electron chi connectivity index (χ0n) is 15.2. The molecular weight excluding hydrogens is 302 g/mol. The molecule has 0 aliphatic carbocycles. The number of allylic oxidation sites excluding steroid dienone is 1. The smallest absolute Gasteiger partial charge is 0.226 e. The number of aromatic nitrogens is 1. The van der Waals surface area contributed by atoms with Gasteiger partial charge in [0.15, 0.2) is 0 Å². The highest BCUT2D eigenvalue weighted by atomic mass is 16.2. The summed E-state index contributed by atoms with van der Waals surface area (Å²) in [6.07, 6.45) is 6.82. The normalized spacial score (nSPS) is 11.9. The topological polar surface area (TPSA) is 71.1 Å². The van der Waals surface area contributed by atoms with Crippen LogP contribution in [0.25, 0.3) is 0 Å². The van der Waals surface area contributed by atoms with E-state index in [-0.39, 0.29) is 17.7 Å². The van der Waals surface area contributed by atoms with Crippen LogP contribution in [0.15, 0.2) is 24.9 Å². The second-order valence-electron chi connectivity index (χ2n) is 6.39. The van der Waals surface area contributed by atoms with Gasteiger partial charge in [-0.15, -0.1) is 6.58 Å². The van der Waals surface area contributed by atoms with E-state index >= 15 is 0 Å². The van der Waals surface area contributed by atoms with Gasteiger partial charge in [-0.1, -0.05) is 33.3 Å². The number of carbonyl (C=O) groups excluding carboxylic acids is 2. The summed E-state index contributed by atoms with van der Waals surface area (Å²) in [6, 6.07) is 1.76. The highest BCUT2D eigenvalue weighted by molar-refractivity contribution is 5.95. The molecule has 1 heterocycles. The summed E-state index contributed by atoms with van der Waals surface area (Å²) in [5, 5.41) is 5.71. The Labute approximate surface area is 144 Å². The molecule has 0 fully saturated rings. The second kappa shape index (κ2) is 9.85. The molecule has 0 saturated carbocycles. The van der Waals surface area contributed by atoms with E-state index in [1.165, 1.54) is 0 Å². The predicted molar refractivity (Wildman–Crippen MR) is 98.9 cm³/mol. The maximum Gasteiger partial charge on any atom is 0.226 e. The van der Waals surface area contributed by atoms with Crippen LogP contribution in [-0.4, -0.2) is 16.8 Å². The minimum atomic E-state index is -0.113. The van der Waals surface area contributed by atoms with Gasteiger partial charge in [-0.2, -0.15) is 0 Å². The third-order valence-electron chi connectivity index (χ3n) is 3.98. The molecule has 0 spiro atoms. The van der Waals surface area contributed by atoms with Crippen molar-refractivity contribution in [3.05, 3.63) is 30.6 Å². The summed E-state index contributed by atoms with van der Waals surface area (Å²) in [7, 11) is 0. The van der Waals surface area contributed by atoms with Gasteiger partial charge in [-0.25, -0.2) is 0 Å². The Morgan fingerprint density at radius 3 is 2.62 bits per heavy atom. The van der Waals surface area contributed by atoms with Crippen LogP contribution >= 0.6 is 0 Å². The first kappa shape index (κ1) is 19.9. The van der Waals surface area contributed by atoms with E-state index < -0.39 is 0 Å². The van der Waals surface area contributed by atoms with E-state index in [1.54, 1.807) is 12.3 Å². The van der Waals surface area contributed by atoms with Crippen molar-refractivity contribution in [1.82, 2.24) is 4.98 Å². The van der Waals surface area contributed by atoms with E-state index in [0.717, 1.165) is 25.0 Å². The fourth-order valence-corrected chi connectivity index (χ4v) is 2.28.